The molecule has 0 spiro atoms. The molecule has 0 aliphatic rings. The monoisotopic (exact) mass is 202 g/mol. The van der Waals surface area contributed by atoms with Crippen molar-refractivity contribution in [3.05, 3.63) is 27.1 Å². The van der Waals surface area contributed by atoms with Gasteiger partial charge in [0, 0.05) is 10.9 Å². The minimum absolute atomic E-state index is 0.105. The quantitative estimate of drug-likeness (QED) is 0.555. The van der Waals surface area contributed by atoms with E-state index in [4.69, 9.17) is 10.8 Å². The highest BCUT2D eigenvalue weighted by Crippen LogP contribution is 2.27. The van der Waals surface area contributed by atoms with Crippen LogP contribution in [0.2, 0.25) is 0 Å². The minimum atomic E-state index is -1.20. The van der Waals surface area contributed by atoms with Crippen LogP contribution in [0.4, 0.5) is 5.00 Å². The van der Waals surface area contributed by atoms with E-state index in [1.165, 1.54) is 12.1 Å². The first-order valence-electron chi connectivity index (χ1n) is 3.25. The molecular weight excluding hydrogens is 196 g/mol. The number of carboxylic acids is 1. The van der Waals surface area contributed by atoms with E-state index in [2.05, 4.69) is 0 Å². The van der Waals surface area contributed by atoms with Gasteiger partial charge in [0.25, 0.3) is 0 Å². The molecule has 7 heteroatoms. The lowest BCUT2D eigenvalue weighted by Gasteiger charge is -1.99. The molecule has 0 unspecified atom stereocenters. The Morgan fingerprint density at radius 3 is 2.69 bits per heavy atom. The molecule has 13 heavy (non-hydrogen) atoms. The molecule has 0 aliphatic carbocycles. The summed E-state index contributed by atoms with van der Waals surface area (Å²) in [5, 5.41) is 18.6. The number of aliphatic carboxylic acids is 1. The standard InChI is InChI=1S/C6H6N2O4S/c7-5(6(9)10)3-1-2-4(13-3)8(11)12/h1-2,5H,7H2,(H,9,10)/t5-/m1/s1. The van der Waals surface area contributed by atoms with Crippen LogP contribution in [-0.2, 0) is 4.79 Å². The number of carboxylic acid groups (broad SMARTS) is 1. The zero-order valence-electron chi connectivity index (χ0n) is 6.34. The Bertz CT molecular complexity index is 348. The Morgan fingerprint density at radius 1 is 1.69 bits per heavy atom. The number of nitro groups is 1. The SMILES string of the molecule is N[C@@H](C(=O)O)c1ccc([N+](=O)[O-])s1. The topological polar surface area (TPSA) is 106 Å². The molecule has 0 radical (unpaired) electrons. The Balaban J connectivity index is 2.91. The van der Waals surface area contributed by atoms with Crippen LogP contribution in [0.15, 0.2) is 12.1 Å². The fourth-order valence-electron chi connectivity index (χ4n) is 0.729. The van der Waals surface area contributed by atoms with Crippen LogP contribution in [0.5, 0.6) is 0 Å². The third-order valence-electron chi connectivity index (χ3n) is 1.37. The molecule has 0 fully saturated rings. The van der Waals surface area contributed by atoms with Crippen molar-refractivity contribution in [3.63, 3.8) is 0 Å². The number of nitrogens with two attached hydrogens (primary N) is 1. The highest BCUT2D eigenvalue weighted by Gasteiger charge is 2.19. The Labute approximate surface area is 76.8 Å². The molecule has 0 saturated carbocycles. The van der Waals surface area contributed by atoms with Crippen LogP contribution in [0, 0.1) is 10.1 Å². The molecule has 0 aromatic carbocycles. The van der Waals surface area contributed by atoms with E-state index in [0.29, 0.717) is 0 Å². The average molecular weight is 202 g/mol. The maximum absolute atomic E-state index is 10.4. The van der Waals surface area contributed by atoms with Crippen LogP contribution < -0.4 is 5.73 Å². The van der Waals surface area contributed by atoms with Gasteiger partial charge in [-0.3, -0.25) is 14.9 Å². The van der Waals surface area contributed by atoms with Crippen molar-refractivity contribution >= 4 is 22.3 Å². The van der Waals surface area contributed by atoms with Crippen LogP contribution in [0.1, 0.15) is 10.9 Å². The van der Waals surface area contributed by atoms with Crippen LogP contribution in [0.25, 0.3) is 0 Å². The van der Waals surface area contributed by atoms with Gasteiger partial charge in [0.1, 0.15) is 6.04 Å². The van der Waals surface area contributed by atoms with Crippen LogP contribution in [-0.4, -0.2) is 16.0 Å². The third kappa shape index (κ3) is 2.01. The van der Waals surface area contributed by atoms with Gasteiger partial charge in [-0.25, -0.2) is 0 Å². The average Bonchev–Trinajstić information content (AvgIpc) is 2.50. The van der Waals surface area contributed by atoms with Gasteiger partial charge < -0.3 is 10.8 Å². The molecule has 1 aromatic rings. The molecule has 1 heterocycles. The van der Waals surface area contributed by atoms with Crippen molar-refractivity contribution in [1.29, 1.82) is 0 Å². The molecule has 0 amide bonds. The summed E-state index contributed by atoms with van der Waals surface area (Å²) in [6.45, 7) is 0. The maximum Gasteiger partial charge on any atom is 0.325 e. The number of carbonyl (C=O) groups is 1. The molecule has 3 N–H and O–H groups in total. The summed E-state index contributed by atoms with van der Waals surface area (Å²) in [5.74, 6) is -1.20. The van der Waals surface area contributed by atoms with Gasteiger partial charge in [-0.1, -0.05) is 11.3 Å². The van der Waals surface area contributed by atoms with Crippen molar-refractivity contribution < 1.29 is 14.8 Å². The van der Waals surface area contributed by atoms with E-state index in [1.54, 1.807) is 0 Å². The first-order valence-corrected chi connectivity index (χ1v) is 4.06. The zero-order chi connectivity index (χ0) is 10.0. The summed E-state index contributed by atoms with van der Waals surface area (Å²) in [7, 11) is 0. The van der Waals surface area contributed by atoms with Crippen molar-refractivity contribution in [3.8, 4) is 0 Å². The van der Waals surface area contributed by atoms with Gasteiger partial charge in [0.15, 0.2) is 0 Å². The number of hydrogen-bond donors (Lipinski definition) is 2. The van der Waals surface area contributed by atoms with Gasteiger partial charge in [-0.2, -0.15) is 0 Å². The third-order valence-corrected chi connectivity index (χ3v) is 2.49. The summed E-state index contributed by atoms with van der Waals surface area (Å²) in [6.07, 6.45) is 0. The van der Waals surface area contributed by atoms with E-state index < -0.39 is 16.9 Å². The summed E-state index contributed by atoms with van der Waals surface area (Å²) >= 11 is 0.772. The highest BCUT2D eigenvalue weighted by molar-refractivity contribution is 7.15. The lowest BCUT2D eigenvalue weighted by atomic mass is 10.3. The Hall–Kier alpha value is -1.47. The Kier molecular flexibility index (Phi) is 2.59. The zero-order valence-corrected chi connectivity index (χ0v) is 7.15. The van der Waals surface area contributed by atoms with E-state index in [0.717, 1.165) is 11.3 Å². The van der Waals surface area contributed by atoms with E-state index >= 15 is 0 Å². The molecule has 1 aromatic heterocycles. The first kappa shape index (κ1) is 9.62. The van der Waals surface area contributed by atoms with Crippen molar-refractivity contribution in [2.24, 2.45) is 5.73 Å². The first-order chi connectivity index (χ1) is 6.02. The molecule has 0 saturated heterocycles. The summed E-state index contributed by atoms with van der Waals surface area (Å²) in [4.78, 5) is 20.3. The summed E-state index contributed by atoms with van der Waals surface area (Å²) in [6, 6.07) is 1.41. The second kappa shape index (κ2) is 3.50. The fraction of sp³-hybridized carbons (Fsp3) is 0.167. The molecular formula is C6H6N2O4S. The normalized spacial score (nSPS) is 12.4. The van der Waals surface area contributed by atoms with Crippen molar-refractivity contribution in [2.75, 3.05) is 0 Å². The molecule has 0 bridgehead atoms. The fourth-order valence-corrected chi connectivity index (χ4v) is 1.55. The largest absolute Gasteiger partial charge is 0.480 e. The van der Waals surface area contributed by atoms with Gasteiger partial charge in [0.2, 0.25) is 0 Å². The van der Waals surface area contributed by atoms with E-state index in [-0.39, 0.29) is 9.88 Å². The number of hydrogen-bond acceptors (Lipinski definition) is 5. The van der Waals surface area contributed by atoms with Gasteiger partial charge in [-0.15, -0.1) is 0 Å². The smallest absolute Gasteiger partial charge is 0.325 e. The molecule has 70 valence electrons. The van der Waals surface area contributed by atoms with E-state index in [9.17, 15) is 14.9 Å². The van der Waals surface area contributed by atoms with E-state index in [1.807, 2.05) is 0 Å². The predicted molar refractivity (Wildman–Crippen MR) is 45.5 cm³/mol. The van der Waals surface area contributed by atoms with Gasteiger partial charge >= 0.3 is 11.0 Å². The molecule has 1 rings (SSSR count). The van der Waals surface area contributed by atoms with Crippen molar-refractivity contribution in [2.45, 2.75) is 6.04 Å². The number of nitrogens with zero attached hydrogens (tertiary/aromatic N) is 1. The summed E-state index contributed by atoms with van der Waals surface area (Å²) in [5.41, 5.74) is 5.24. The molecule has 0 aliphatic heterocycles. The second-order valence-electron chi connectivity index (χ2n) is 2.25. The number of thiophene rings is 1. The van der Waals surface area contributed by atoms with Crippen LogP contribution >= 0.6 is 11.3 Å². The second-order valence-corrected chi connectivity index (χ2v) is 3.34. The van der Waals surface area contributed by atoms with Gasteiger partial charge in [0.05, 0.1) is 4.92 Å². The van der Waals surface area contributed by atoms with Crippen LogP contribution in [0.3, 0.4) is 0 Å². The minimum Gasteiger partial charge on any atom is -0.480 e. The number of rotatable bonds is 3. The molecule has 1 atom stereocenters. The van der Waals surface area contributed by atoms with Crippen molar-refractivity contribution in [1.82, 2.24) is 0 Å². The molecule has 6 nitrogen and oxygen atoms in total. The maximum atomic E-state index is 10.4. The van der Waals surface area contributed by atoms with Gasteiger partial charge in [-0.05, 0) is 6.07 Å². The Morgan fingerprint density at radius 2 is 2.31 bits per heavy atom. The lowest BCUT2D eigenvalue weighted by molar-refractivity contribution is -0.380. The predicted octanol–water partition coefficient (Wildman–Crippen LogP) is 0.741. The lowest BCUT2D eigenvalue weighted by Crippen LogP contribution is -2.19. The summed E-state index contributed by atoms with van der Waals surface area (Å²) < 4.78 is 0. The highest BCUT2D eigenvalue weighted by atomic mass is 32.1.